The Morgan fingerprint density at radius 1 is 1.26 bits per heavy atom. The molecular formula is C22H28N4O2S2Si. The van der Waals surface area contributed by atoms with Gasteiger partial charge in [-0.1, -0.05) is 62.9 Å². The van der Waals surface area contributed by atoms with Gasteiger partial charge in [-0.05, 0) is 18.1 Å². The molecule has 1 unspecified atom stereocenters. The summed E-state index contributed by atoms with van der Waals surface area (Å²) in [5, 5.41) is 10.8. The van der Waals surface area contributed by atoms with E-state index < -0.39 is 19.1 Å². The van der Waals surface area contributed by atoms with Crippen LogP contribution in [-0.2, 0) is 15.2 Å². The molecule has 0 N–H and O–H groups in total. The van der Waals surface area contributed by atoms with Crippen LogP contribution in [0.1, 0.15) is 26.3 Å². The molecule has 0 saturated carbocycles. The Hall–Kier alpha value is -1.99. The highest BCUT2D eigenvalue weighted by Gasteiger charge is 2.37. The Morgan fingerprint density at radius 2 is 1.97 bits per heavy atom. The van der Waals surface area contributed by atoms with E-state index in [0.717, 1.165) is 5.56 Å². The number of hydrogen-bond donors (Lipinski definition) is 0. The van der Waals surface area contributed by atoms with Crippen LogP contribution >= 0.6 is 11.8 Å². The average Bonchev–Trinajstić information content (AvgIpc) is 3.20. The molecule has 9 heteroatoms. The third-order valence-electron chi connectivity index (χ3n) is 5.56. The van der Waals surface area contributed by atoms with Crippen molar-refractivity contribution in [3.05, 3.63) is 48.3 Å². The molecule has 1 aromatic carbocycles. The van der Waals surface area contributed by atoms with Crippen LogP contribution < -0.4 is 0 Å². The van der Waals surface area contributed by atoms with Crippen LogP contribution in [0.25, 0.3) is 17.0 Å². The summed E-state index contributed by atoms with van der Waals surface area (Å²) in [6.07, 6.45) is 3.46. The van der Waals surface area contributed by atoms with Gasteiger partial charge in [0.1, 0.15) is 22.5 Å². The van der Waals surface area contributed by atoms with E-state index in [1.165, 1.54) is 11.8 Å². The minimum absolute atomic E-state index is 0.127. The molecule has 2 heterocycles. The van der Waals surface area contributed by atoms with Crippen molar-refractivity contribution in [3.8, 4) is 17.5 Å². The molecular weight excluding hydrogens is 444 g/mol. The minimum atomic E-state index is -1.85. The van der Waals surface area contributed by atoms with E-state index in [1.807, 2.05) is 34.7 Å². The van der Waals surface area contributed by atoms with Crippen LogP contribution in [0.3, 0.4) is 0 Å². The predicted molar refractivity (Wildman–Crippen MR) is 130 cm³/mol. The minimum Gasteiger partial charge on any atom is -0.416 e. The first-order valence-corrected chi connectivity index (χ1v) is 15.5. The Labute approximate surface area is 191 Å². The van der Waals surface area contributed by atoms with Gasteiger partial charge in [-0.15, -0.1) is 0 Å². The number of rotatable bonds is 8. The number of nitriles is 1. The van der Waals surface area contributed by atoms with E-state index in [9.17, 15) is 9.47 Å². The fourth-order valence-electron chi connectivity index (χ4n) is 2.74. The highest BCUT2D eigenvalue weighted by atomic mass is 32.2. The molecule has 164 valence electrons. The van der Waals surface area contributed by atoms with E-state index in [0.29, 0.717) is 39.5 Å². The lowest BCUT2D eigenvalue weighted by Gasteiger charge is -2.36. The number of fused-ring (bicyclic) bond motifs is 1. The molecule has 0 aliphatic rings. The lowest BCUT2D eigenvalue weighted by Crippen LogP contribution is -2.41. The molecule has 0 radical (unpaired) electrons. The van der Waals surface area contributed by atoms with Crippen LogP contribution in [-0.4, -0.2) is 44.3 Å². The van der Waals surface area contributed by atoms with Gasteiger partial charge >= 0.3 is 0 Å². The zero-order chi connectivity index (χ0) is 22.6. The van der Waals surface area contributed by atoms with Crippen molar-refractivity contribution in [2.24, 2.45) is 0 Å². The van der Waals surface area contributed by atoms with Gasteiger partial charge in [0.2, 0.25) is 0 Å². The van der Waals surface area contributed by atoms with Crippen molar-refractivity contribution in [1.29, 1.82) is 5.26 Å². The van der Waals surface area contributed by atoms with Crippen LogP contribution in [0.5, 0.6) is 0 Å². The SMILES string of the molecule is CC(C)(C)[Si](C)(C)OCCS(=O)CSc1nc(-c2ccccc2)n2ccnc2c1C#N. The van der Waals surface area contributed by atoms with Gasteiger partial charge in [0.05, 0.1) is 5.08 Å². The van der Waals surface area contributed by atoms with Crippen molar-refractivity contribution in [2.75, 3.05) is 17.4 Å². The van der Waals surface area contributed by atoms with Gasteiger partial charge in [0.25, 0.3) is 0 Å². The molecule has 1 atom stereocenters. The Kier molecular flexibility index (Phi) is 7.37. The lowest BCUT2D eigenvalue weighted by atomic mass is 10.2. The summed E-state index contributed by atoms with van der Waals surface area (Å²) >= 11 is 1.34. The number of nitrogens with zero attached hydrogens (tertiary/aromatic N) is 4. The zero-order valence-corrected chi connectivity index (χ0v) is 21.2. The second-order valence-corrected chi connectivity index (χ2v) is 16.4. The van der Waals surface area contributed by atoms with Gasteiger partial charge in [-0.2, -0.15) is 5.26 Å². The highest BCUT2D eigenvalue weighted by molar-refractivity contribution is 8.10. The maximum Gasteiger partial charge on any atom is 0.192 e. The second kappa shape index (κ2) is 9.65. The molecule has 0 aliphatic heterocycles. The number of benzene rings is 1. The van der Waals surface area contributed by atoms with Crippen molar-refractivity contribution in [3.63, 3.8) is 0 Å². The first kappa shape index (κ1) is 23.7. The predicted octanol–water partition coefficient (Wildman–Crippen LogP) is 5.09. The van der Waals surface area contributed by atoms with Crippen LogP contribution in [0.15, 0.2) is 47.8 Å². The topological polar surface area (TPSA) is 80.3 Å². The number of thioether (sulfide) groups is 1. The molecule has 0 saturated heterocycles. The zero-order valence-electron chi connectivity index (χ0n) is 18.6. The monoisotopic (exact) mass is 472 g/mol. The third-order valence-corrected chi connectivity index (χ3v) is 12.8. The van der Waals surface area contributed by atoms with Gasteiger partial charge in [-0.25, -0.2) is 9.97 Å². The standard InChI is InChI=1S/C22H28N4O2S2Si/c1-22(2,3)31(4,5)28-13-14-30(27)16-29-21-18(15-23)20-24-11-12-26(20)19(25-21)17-9-7-6-8-10-17/h6-12H,13-14,16H2,1-5H3. The van der Waals surface area contributed by atoms with Crippen molar-refractivity contribution >= 4 is 36.5 Å². The largest absolute Gasteiger partial charge is 0.416 e. The maximum absolute atomic E-state index is 12.6. The molecule has 0 fully saturated rings. The summed E-state index contributed by atoms with van der Waals surface area (Å²) in [5.41, 5.74) is 1.90. The fourth-order valence-corrected chi connectivity index (χ4v) is 6.08. The molecule has 0 spiro atoms. The van der Waals surface area contributed by atoms with Crippen molar-refractivity contribution in [1.82, 2.24) is 14.4 Å². The lowest BCUT2D eigenvalue weighted by molar-refractivity contribution is 0.310. The molecule has 0 aliphatic carbocycles. The Balaban J connectivity index is 1.75. The fraction of sp³-hybridized carbons (Fsp3) is 0.409. The third kappa shape index (κ3) is 5.44. The normalized spacial score (nSPS) is 13.3. The summed E-state index contributed by atoms with van der Waals surface area (Å²) in [7, 11) is -2.93. The molecule has 6 nitrogen and oxygen atoms in total. The van der Waals surface area contributed by atoms with E-state index in [-0.39, 0.29) is 5.04 Å². The summed E-state index contributed by atoms with van der Waals surface area (Å²) in [6.45, 7) is 11.4. The molecule has 31 heavy (non-hydrogen) atoms. The molecule has 0 bridgehead atoms. The summed E-state index contributed by atoms with van der Waals surface area (Å²) in [5.74, 6) is 1.18. The van der Waals surface area contributed by atoms with Crippen LogP contribution in [0.4, 0.5) is 0 Å². The second-order valence-electron chi connectivity index (χ2n) is 8.73. The van der Waals surface area contributed by atoms with Gasteiger partial charge in [0.15, 0.2) is 14.0 Å². The summed E-state index contributed by atoms with van der Waals surface area (Å²) in [6, 6.07) is 12.0. The quantitative estimate of drug-likeness (QED) is 0.258. The number of hydrogen-bond acceptors (Lipinski definition) is 6. The van der Waals surface area contributed by atoms with Crippen LogP contribution in [0.2, 0.25) is 18.1 Å². The van der Waals surface area contributed by atoms with Gasteiger partial charge < -0.3 is 4.43 Å². The molecule has 0 amide bonds. The van der Waals surface area contributed by atoms with Crippen molar-refractivity contribution in [2.45, 2.75) is 43.9 Å². The van der Waals surface area contributed by atoms with Gasteiger partial charge in [0, 0.05) is 41.1 Å². The number of aromatic nitrogens is 3. The Morgan fingerprint density at radius 3 is 2.61 bits per heavy atom. The van der Waals surface area contributed by atoms with Crippen molar-refractivity contribution < 1.29 is 8.63 Å². The Bertz CT molecular complexity index is 1120. The van der Waals surface area contributed by atoms with E-state index in [2.05, 4.69) is 44.9 Å². The maximum atomic E-state index is 12.6. The van der Waals surface area contributed by atoms with Crippen LogP contribution in [0, 0.1) is 11.3 Å². The van der Waals surface area contributed by atoms with E-state index in [4.69, 9.17) is 9.41 Å². The first-order valence-electron chi connectivity index (χ1n) is 10.1. The summed E-state index contributed by atoms with van der Waals surface area (Å²) < 4.78 is 20.6. The van der Waals surface area contributed by atoms with E-state index >= 15 is 0 Å². The van der Waals surface area contributed by atoms with E-state index in [1.54, 1.807) is 12.4 Å². The first-order chi connectivity index (χ1) is 14.6. The average molecular weight is 473 g/mol. The van der Waals surface area contributed by atoms with Gasteiger partial charge in [-0.3, -0.25) is 8.61 Å². The number of imidazole rings is 1. The highest BCUT2D eigenvalue weighted by Crippen LogP contribution is 2.36. The molecule has 3 aromatic rings. The molecule has 3 rings (SSSR count). The smallest absolute Gasteiger partial charge is 0.192 e. The summed E-state index contributed by atoms with van der Waals surface area (Å²) in [4.78, 5) is 9.10. The molecule has 2 aromatic heterocycles.